The lowest BCUT2D eigenvalue weighted by atomic mass is 10.0. The molecule has 1 aromatic heterocycles. The number of carbonyl (C=O) groups excluding carboxylic acids is 2. The zero-order valence-corrected chi connectivity index (χ0v) is 20.9. The van der Waals surface area contributed by atoms with Crippen molar-refractivity contribution in [3.63, 3.8) is 0 Å². The summed E-state index contributed by atoms with van der Waals surface area (Å²) >= 11 is 0. The molecule has 35 heavy (non-hydrogen) atoms. The van der Waals surface area contributed by atoms with Crippen LogP contribution in [0.25, 0.3) is 0 Å². The number of aromatic nitrogens is 2. The minimum absolute atomic E-state index is 0.0767. The number of anilines is 1. The van der Waals surface area contributed by atoms with Gasteiger partial charge in [0.25, 0.3) is 11.8 Å². The fourth-order valence-corrected chi connectivity index (χ4v) is 4.42. The number of benzene rings is 1. The molecule has 3 atom stereocenters. The predicted molar refractivity (Wildman–Crippen MR) is 133 cm³/mol. The molecule has 9 nitrogen and oxygen atoms in total. The largest absolute Gasteiger partial charge is 0.491 e. The molecule has 1 aliphatic heterocycles. The van der Waals surface area contributed by atoms with Crippen molar-refractivity contribution in [2.24, 2.45) is 11.8 Å². The second-order valence-electron chi connectivity index (χ2n) is 9.75. The van der Waals surface area contributed by atoms with E-state index in [4.69, 9.17) is 9.47 Å². The molecular weight excluding hydrogens is 446 g/mol. The van der Waals surface area contributed by atoms with E-state index >= 15 is 0 Å². The van der Waals surface area contributed by atoms with Crippen molar-refractivity contribution in [1.29, 1.82) is 0 Å². The number of likely N-dealkylation sites (N-methyl/N-ethyl adjacent to an activating group) is 1. The molecular formula is C26H35N5O4. The van der Waals surface area contributed by atoms with Crippen LogP contribution in [0.5, 0.6) is 5.75 Å². The summed E-state index contributed by atoms with van der Waals surface area (Å²) in [5, 5.41) is 2.82. The van der Waals surface area contributed by atoms with Crippen molar-refractivity contribution in [3.05, 3.63) is 48.0 Å². The van der Waals surface area contributed by atoms with Gasteiger partial charge in [-0.3, -0.25) is 19.5 Å². The average Bonchev–Trinajstić information content (AvgIpc) is 3.69. The number of methoxy groups -OCH3 is 1. The van der Waals surface area contributed by atoms with Crippen LogP contribution in [0.1, 0.15) is 47.5 Å². The fourth-order valence-electron chi connectivity index (χ4n) is 4.42. The molecule has 2 heterocycles. The topological polar surface area (TPSA) is 96.9 Å². The van der Waals surface area contributed by atoms with Crippen LogP contribution in [-0.4, -0.2) is 84.1 Å². The van der Waals surface area contributed by atoms with Crippen LogP contribution < -0.4 is 10.1 Å². The zero-order chi connectivity index (χ0) is 24.9. The molecule has 1 aliphatic carbocycles. The van der Waals surface area contributed by atoms with Crippen LogP contribution >= 0.6 is 0 Å². The lowest BCUT2D eigenvalue weighted by molar-refractivity contribution is 0.00994. The minimum Gasteiger partial charge on any atom is -0.491 e. The summed E-state index contributed by atoms with van der Waals surface area (Å²) < 4.78 is 12.1. The molecule has 0 saturated heterocycles. The normalized spacial score (nSPS) is 24.1. The summed E-state index contributed by atoms with van der Waals surface area (Å²) in [5.41, 5.74) is 1.18. The SMILES string of the molecule is CO[C@H]1CN(C)C(=O)c2ccc(NC(=O)c3cnccn3)cc2OC[C@H](C)N(CC2CC2)C[C@@H]1C. The van der Waals surface area contributed by atoms with Crippen molar-refractivity contribution >= 4 is 17.5 Å². The van der Waals surface area contributed by atoms with E-state index in [1.54, 1.807) is 37.3 Å². The third kappa shape index (κ3) is 6.35. The van der Waals surface area contributed by atoms with Crippen molar-refractivity contribution in [2.45, 2.75) is 38.8 Å². The molecule has 188 valence electrons. The Kier molecular flexibility index (Phi) is 7.97. The standard InChI is InChI=1S/C26H35N5O4/c1-17-13-31(14-19-5-6-19)18(2)16-35-23-11-20(29-25(32)22-12-27-9-10-28-22)7-8-21(23)26(33)30(3)15-24(17)34-4/h7-12,17-19,24H,5-6,13-16H2,1-4H3,(H,29,32)/t17-,18-,24-/m0/s1. The second kappa shape index (κ2) is 11.1. The first-order valence-electron chi connectivity index (χ1n) is 12.2. The maximum absolute atomic E-state index is 13.3. The Balaban J connectivity index is 1.60. The van der Waals surface area contributed by atoms with E-state index in [-0.39, 0.29) is 35.6 Å². The highest BCUT2D eigenvalue weighted by molar-refractivity contribution is 6.03. The Morgan fingerprint density at radius 2 is 2.03 bits per heavy atom. The van der Waals surface area contributed by atoms with Gasteiger partial charge in [-0.1, -0.05) is 6.92 Å². The Morgan fingerprint density at radius 3 is 2.71 bits per heavy atom. The first-order chi connectivity index (χ1) is 16.9. The third-order valence-electron chi connectivity index (χ3n) is 6.82. The minimum atomic E-state index is -0.379. The van der Waals surface area contributed by atoms with E-state index < -0.39 is 0 Å². The monoisotopic (exact) mass is 481 g/mol. The molecule has 0 radical (unpaired) electrons. The molecule has 2 aliphatic rings. The van der Waals surface area contributed by atoms with Gasteiger partial charge in [0.2, 0.25) is 0 Å². The summed E-state index contributed by atoms with van der Waals surface area (Å²) in [5.74, 6) is 0.922. The number of rotatable bonds is 5. The number of hydrogen-bond donors (Lipinski definition) is 1. The van der Waals surface area contributed by atoms with E-state index in [1.807, 2.05) is 0 Å². The highest BCUT2D eigenvalue weighted by atomic mass is 16.5. The number of nitrogens with one attached hydrogen (secondary N) is 1. The number of amides is 2. The van der Waals surface area contributed by atoms with E-state index in [1.165, 1.54) is 31.4 Å². The zero-order valence-electron chi connectivity index (χ0n) is 20.9. The molecule has 2 amide bonds. The second-order valence-corrected chi connectivity index (χ2v) is 9.75. The van der Waals surface area contributed by atoms with E-state index in [9.17, 15) is 9.59 Å². The molecule has 9 heteroatoms. The number of ether oxygens (including phenoxy) is 2. The van der Waals surface area contributed by atoms with E-state index in [0.717, 1.165) is 19.0 Å². The van der Waals surface area contributed by atoms with Gasteiger partial charge in [-0.2, -0.15) is 0 Å². The number of fused-ring (bicyclic) bond motifs is 1. The van der Waals surface area contributed by atoms with Crippen LogP contribution in [0.2, 0.25) is 0 Å². The van der Waals surface area contributed by atoms with E-state index in [0.29, 0.717) is 30.2 Å². The van der Waals surface area contributed by atoms with E-state index in [2.05, 4.69) is 34.0 Å². The predicted octanol–water partition coefficient (Wildman–Crippen LogP) is 2.94. The summed E-state index contributed by atoms with van der Waals surface area (Å²) in [6, 6.07) is 5.26. The van der Waals surface area contributed by atoms with Gasteiger partial charge in [0, 0.05) is 64.0 Å². The van der Waals surface area contributed by atoms with Gasteiger partial charge in [0.1, 0.15) is 18.1 Å². The van der Waals surface area contributed by atoms with Crippen LogP contribution in [0, 0.1) is 11.8 Å². The Labute approximate surface area is 206 Å². The van der Waals surface area contributed by atoms with Gasteiger partial charge >= 0.3 is 0 Å². The molecule has 1 aromatic carbocycles. The van der Waals surface area contributed by atoms with Crippen LogP contribution in [0.15, 0.2) is 36.8 Å². The number of hydrogen-bond acceptors (Lipinski definition) is 7. The van der Waals surface area contributed by atoms with Gasteiger partial charge in [-0.05, 0) is 43.7 Å². The lowest BCUT2D eigenvalue weighted by Gasteiger charge is -2.36. The van der Waals surface area contributed by atoms with Gasteiger partial charge in [0.05, 0.1) is 17.9 Å². The van der Waals surface area contributed by atoms with Gasteiger partial charge in [-0.25, -0.2) is 4.98 Å². The molecule has 1 saturated carbocycles. The Bertz CT molecular complexity index is 1030. The molecule has 0 spiro atoms. The first-order valence-corrected chi connectivity index (χ1v) is 12.2. The van der Waals surface area contributed by atoms with Crippen molar-refractivity contribution < 1.29 is 19.1 Å². The van der Waals surface area contributed by atoms with Crippen LogP contribution in [0.3, 0.4) is 0 Å². The average molecular weight is 482 g/mol. The maximum Gasteiger partial charge on any atom is 0.275 e. The first kappa shape index (κ1) is 25.1. The quantitative estimate of drug-likeness (QED) is 0.701. The maximum atomic E-state index is 13.3. The molecule has 4 rings (SSSR count). The Morgan fingerprint density at radius 1 is 1.23 bits per heavy atom. The molecule has 0 bridgehead atoms. The fraction of sp³-hybridized carbons (Fsp3) is 0.538. The number of carbonyl (C=O) groups is 2. The lowest BCUT2D eigenvalue weighted by Crippen LogP contribution is -2.47. The van der Waals surface area contributed by atoms with Crippen molar-refractivity contribution in [3.8, 4) is 5.75 Å². The molecule has 1 N–H and O–H groups in total. The molecule has 0 unspecified atom stereocenters. The molecule has 1 fully saturated rings. The molecule has 2 aromatic rings. The summed E-state index contributed by atoms with van der Waals surface area (Å²) in [6.45, 7) is 7.18. The van der Waals surface area contributed by atoms with Gasteiger partial charge in [-0.15, -0.1) is 0 Å². The summed E-state index contributed by atoms with van der Waals surface area (Å²) in [6.07, 6.45) is 6.86. The van der Waals surface area contributed by atoms with Gasteiger partial charge in [0.15, 0.2) is 0 Å². The van der Waals surface area contributed by atoms with Gasteiger partial charge < -0.3 is 19.7 Å². The van der Waals surface area contributed by atoms with Crippen LogP contribution in [0.4, 0.5) is 5.69 Å². The highest BCUT2D eigenvalue weighted by Gasteiger charge is 2.31. The van der Waals surface area contributed by atoms with Crippen molar-refractivity contribution in [2.75, 3.05) is 45.7 Å². The summed E-state index contributed by atoms with van der Waals surface area (Å²) in [7, 11) is 3.49. The van der Waals surface area contributed by atoms with Crippen molar-refractivity contribution in [1.82, 2.24) is 19.8 Å². The Hall–Kier alpha value is -3.04. The number of nitrogens with zero attached hydrogens (tertiary/aromatic N) is 4. The smallest absolute Gasteiger partial charge is 0.275 e. The third-order valence-corrected chi connectivity index (χ3v) is 6.82. The van der Waals surface area contributed by atoms with Crippen LogP contribution in [-0.2, 0) is 4.74 Å². The highest BCUT2D eigenvalue weighted by Crippen LogP contribution is 2.32. The summed E-state index contributed by atoms with van der Waals surface area (Å²) in [4.78, 5) is 38.1.